The van der Waals surface area contributed by atoms with Crippen molar-refractivity contribution in [1.82, 2.24) is 4.72 Å². The van der Waals surface area contributed by atoms with E-state index >= 15 is 0 Å². The lowest BCUT2D eigenvalue weighted by molar-refractivity contribution is -0.191. The number of sulfonamides is 1. The minimum atomic E-state index is -5.00. The highest BCUT2D eigenvalue weighted by molar-refractivity contribution is 7.89. The Morgan fingerprint density at radius 3 is 2.50 bits per heavy atom. The van der Waals surface area contributed by atoms with Gasteiger partial charge in [-0.25, -0.2) is 17.9 Å². The summed E-state index contributed by atoms with van der Waals surface area (Å²) < 4.78 is 76.1. The largest absolute Gasteiger partial charge is 0.511 e. The quantitative estimate of drug-likeness (QED) is 0.645. The maximum absolute atomic E-state index is 13.2. The number of carbonyl (C=O) groups is 1. The number of ether oxygens (including phenoxy) is 2. The van der Waals surface area contributed by atoms with Gasteiger partial charge in [0.25, 0.3) is 6.10 Å². The van der Waals surface area contributed by atoms with Crippen molar-refractivity contribution in [2.75, 3.05) is 0 Å². The van der Waals surface area contributed by atoms with Crippen molar-refractivity contribution in [1.29, 1.82) is 0 Å². The van der Waals surface area contributed by atoms with Crippen LogP contribution in [0.4, 0.5) is 18.0 Å². The van der Waals surface area contributed by atoms with Gasteiger partial charge in [0.1, 0.15) is 5.75 Å². The predicted octanol–water partition coefficient (Wildman–Crippen LogP) is 4.18. The zero-order chi connectivity index (χ0) is 22.1. The Morgan fingerprint density at radius 1 is 1.23 bits per heavy atom. The van der Waals surface area contributed by atoms with E-state index in [0.717, 1.165) is 18.2 Å². The molecule has 2 aromatic carbocycles. The Morgan fingerprint density at radius 2 is 1.90 bits per heavy atom. The molecule has 3 rings (SSSR count). The van der Waals surface area contributed by atoms with Gasteiger partial charge in [-0.05, 0) is 23.8 Å². The van der Waals surface area contributed by atoms with Crippen LogP contribution in [0.25, 0.3) is 6.08 Å². The van der Waals surface area contributed by atoms with Crippen molar-refractivity contribution >= 4 is 33.9 Å². The lowest BCUT2D eigenvalue weighted by atomic mass is 10.1. The summed E-state index contributed by atoms with van der Waals surface area (Å²) >= 11 is 5.97. The van der Waals surface area contributed by atoms with Crippen LogP contribution < -0.4 is 9.46 Å². The van der Waals surface area contributed by atoms with Crippen LogP contribution in [0.15, 0.2) is 53.1 Å². The summed E-state index contributed by atoms with van der Waals surface area (Å²) in [4.78, 5) is 10.4. The van der Waals surface area contributed by atoms with Gasteiger partial charge in [-0.1, -0.05) is 41.9 Å². The van der Waals surface area contributed by atoms with Crippen molar-refractivity contribution in [2.45, 2.75) is 23.7 Å². The van der Waals surface area contributed by atoms with Crippen LogP contribution >= 0.6 is 11.6 Å². The summed E-state index contributed by atoms with van der Waals surface area (Å²) in [7, 11) is -4.10. The molecule has 2 N–H and O–H groups in total. The van der Waals surface area contributed by atoms with Crippen molar-refractivity contribution in [2.24, 2.45) is 0 Å². The topological polar surface area (TPSA) is 102 Å². The molecule has 0 saturated heterocycles. The molecular weight excluding hydrogens is 451 g/mol. The number of rotatable bonds is 5. The zero-order valence-corrected chi connectivity index (χ0v) is 16.4. The van der Waals surface area contributed by atoms with E-state index in [0.29, 0.717) is 5.56 Å². The van der Waals surface area contributed by atoms with E-state index in [1.165, 1.54) is 0 Å². The van der Waals surface area contributed by atoms with Crippen LogP contribution in [0.3, 0.4) is 0 Å². The first-order chi connectivity index (χ1) is 14.0. The summed E-state index contributed by atoms with van der Waals surface area (Å²) in [5, 5.41) is 8.30. The third kappa shape index (κ3) is 4.86. The molecule has 0 aromatic heterocycles. The molecular formula is C18H13ClF3NO6S. The van der Waals surface area contributed by atoms with Crippen LogP contribution in [0.5, 0.6) is 5.75 Å². The second-order valence-electron chi connectivity index (χ2n) is 6.09. The number of benzene rings is 2. The molecule has 0 fully saturated rings. The Balaban J connectivity index is 1.97. The van der Waals surface area contributed by atoms with Gasteiger partial charge in [0.15, 0.2) is 5.76 Å². The van der Waals surface area contributed by atoms with Gasteiger partial charge in [0.05, 0.1) is 9.92 Å². The minimum absolute atomic E-state index is 0.0340. The van der Waals surface area contributed by atoms with E-state index in [4.69, 9.17) is 21.4 Å². The average molecular weight is 464 g/mol. The molecule has 7 nitrogen and oxygen atoms in total. The van der Waals surface area contributed by atoms with E-state index in [9.17, 15) is 26.4 Å². The van der Waals surface area contributed by atoms with Gasteiger partial charge in [0, 0.05) is 12.1 Å². The minimum Gasteiger partial charge on any atom is -0.471 e. The van der Waals surface area contributed by atoms with Crippen molar-refractivity contribution in [3.63, 3.8) is 0 Å². The van der Waals surface area contributed by atoms with E-state index in [-0.39, 0.29) is 17.0 Å². The monoisotopic (exact) mass is 463 g/mol. The van der Waals surface area contributed by atoms with Crippen LogP contribution in [-0.4, -0.2) is 32.0 Å². The first-order valence-electron chi connectivity index (χ1n) is 8.20. The molecule has 1 atom stereocenters. The molecule has 0 radical (unpaired) electrons. The number of hydrogen-bond acceptors (Lipinski definition) is 5. The number of alkyl halides is 3. The number of nitrogens with one attached hydrogen (secondary N) is 1. The SMILES string of the molecule is O=C(O)OC1=Cc2cc(S(=O)(=O)NCc3ccccc3)cc(Cl)c2OC1C(F)(F)F. The van der Waals surface area contributed by atoms with Gasteiger partial charge in [-0.15, -0.1) is 0 Å². The number of fused-ring (bicyclic) bond motifs is 1. The van der Waals surface area contributed by atoms with E-state index in [1.807, 2.05) is 0 Å². The lowest BCUT2D eigenvalue weighted by Gasteiger charge is -2.28. The maximum Gasteiger partial charge on any atom is 0.511 e. The Labute approximate surface area is 173 Å². The Hall–Kier alpha value is -2.76. The zero-order valence-electron chi connectivity index (χ0n) is 14.8. The number of carboxylic acid groups (broad SMARTS) is 1. The van der Waals surface area contributed by atoms with Crippen LogP contribution in [0.1, 0.15) is 11.1 Å². The summed E-state index contributed by atoms with van der Waals surface area (Å²) in [6.07, 6.45) is -8.96. The van der Waals surface area contributed by atoms with Crippen LogP contribution in [0.2, 0.25) is 5.02 Å². The van der Waals surface area contributed by atoms with E-state index in [1.54, 1.807) is 30.3 Å². The molecule has 30 heavy (non-hydrogen) atoms. The summed E-state index contributed by atoms with van der Waals surface area (Å²) in [6.45, 7) is -0.0340. The second kappa shape index (κ2) is 8.17. The van der Waals surface area contributed by atoms with Gasteiger partial charge < -0.3 is 14.6 Å². The molecule has 12 heteroatoms. The van der Waals surface area contributed by atoms with Crippen molar-refractivity contribution in [3.05, 3.63) is 64.4 Å². The standard InChI is InChI=1S/C18H13ClF3NO6S/c19-13-8-12(30(26,27)23-9-10-4-2-1-3-5-10)6-11-7-14(28-17(24)25)16(18(20,21)22)29-15(11)13/h1-8,16,23H,9H2,(H,24,25). The predicted molar refractivity (Wildman–Crippen MR) is 99.5 cm³/mol. The molecule has 1 aliphatic heterocycles. The summed E-state index contributed by atoms with van der Waals surface area (Å²) in [5.74, 6) is -1.51. The van der Waals surface area contributed by atoms with Crippen LogP contribution in [0, 0.1) is 0 Å². The molecule has 1 heterocycles. The molecule has 2 aromatic rings. The van der Waals surface area contributed by atoms with Gasteiger partial charge in [-0.3, -0.25) is 0 Å². The fraction of sp³-hybridized carbons (Fsp3) is 0.167. The van der Waals surface area contributed by atoms with E-state index < -0.39 is 45.0 Å². The maximum atomic E-state index is 13.2. The van der Waals surface area contributed by atoms with Crippen LogP contribution in [-0.2, 0) is 21.3 Å². The number of halogens is 4. The number of hydrogen-bond donors (Lipinski definition) is 2. The Bertz CT molecular complexity index is 1100. The van der Waals surface area contributed by atoms with Crippen molar-refractivity contribution in [3.8, 4) is 5.75 Å². The third-order valence-corrected chi connectivity index (χ3v) is 5.62. The normalized spacial score (nSPS) is 16.3. The first kappa shape index (κ1) is 21.9. The highest BCUT2D eigenvalue weighted by Gasteiger charge is 2.48. The fourth-order valence-electron chi connectivity index (χ4n) is 2.65. The molecule has 0 aliphatic carbocycles. The molecule has 1 unspecified atom stereocenters. The molecule has 1 aliphatic rings. The molecule has 0 spiro atoms. The van der Waals surface area contributed by atoms with Gasteiger partial charge in [0.2, 0.25) is 10.0 Å². The van der Waals surface area contributed by atoms with Gasteiger partial charge in [-0.2, -0.15) is 13.2 Å². The summed E-state index contributed by atoms with van der Waals surface area (Å²) in [6, 6.07) is 10.6. The summed E-state index contributed by atoms with van der Waals surface area (Å²) in [5.41, 5.74) is 0.498. The molecule has 0 bridgehead atoms. The van der Waals surface area contributed by atoms with Crippen molar-refractivity contribution < 1.29 is 41.0 Å². The lowest BCUT2D eigenvalue weighted by Crippen LogP contribution is -2.39. The second-order valence-corrected chi connectivity index (χ2v) is 8.26. The third-order valence-electron chi connectivity index (χ3n) is 3.96. The van der Waals surface area contributed by atoms with Gasteiger partial charge >= 0.3 is 12.3 Å². The molecule has 0 saturated carbocycles. The first-order valence-corrected chi connectivity index (χ1v) is 10.1. The van der Waals surface area contributed by atoms with E-state index in [2.05, 4.69) is 9.46 Å². The highest BCUT2D eigenvalue weighted by atomic mass is 35.5. The Kier molecular flexibility index (Phi) is 5.97. The average Bonchev–Trinajstić information content (AvgIpc) is 2.65. The fourth-order valence-corrected chi connectivity index (χ4v) is 4.06. The molecule has 0 amide bonds. The highest BCUT2D eigenvalue weighted by Crippen LogP contribution is 2.42. The smallest absolute Gasteiger partial charge is 0.471 e. The molecule has 160 valence electrons.